The van der Waals surface area contributed by atoms with E-state index < -0.39 is 0 Å². The maximum Gasteiger partial charge on any atom is 0.112 e. The van der Waals surface area contributed by atoms with E-state index in [1.54, 1.807) is 11.3 Å². The van der Waals surface area contributed by atoms with Crippen LogP contribution in [0, 0.1) is 6.92 Å². The van der Waals surface area contributed by atoms with E-state index in [2.05, 4.69) is 43.4 Å². The lowest BCUT2D eigenvalue weighted by molar-refractivity contribution is 0.392. The fraction of sp³-hybridized carbons (Fsp3) is 0.824. The van der Waals surface area contributed by atoms with Crippen molar-refractivity contribution in [2.24, 2.45) is 0 Å². The molecule has 0 aliphatic rings. The van der Waals surface area contributed by atoms with Crippen molar-refractivity contribution in [3.8, 4) is 0 Å². The molecular weight excluding hydrogens is 264 g/mol. The molecule has 116 valence electrons. The molecule has 0 aliphatic heterocycles. The minimum absolute atomic E-state index is 0.0139. The molecule has 0 fully saturated rings. The minimum Gasteiger partial charge on any atom is -0.306 e. The lowest BCUT2D eigenvalue weighted by Gasteiger charge is -2.23. The summed E-state index contributed by atoms with van der Waals surface area (Å²) in [5.41, 5.74) is 1.15. The molecule has 1 aromatic rings. The Kier molecular flexibility index (Phi) is 8.39. The summed E-state index contributed by atoms with van der Waals surface area (Å²) in [4.78, 5) is 4.60. The van der Waals surface area contributed by atoms with Crippen LogP contribution in [0.15, 0.2) is 5.38 Å². The fourth-order valence-corrected chi connectivity index (χ4v) is 3.27. The van der Waals surface area contributed by atoms with Crippen LogP contribution in [0.5, 0.6) is 0 Å². The summed E-state index contributed by atoms with van der Waals surface area (Å²) in [6.07, 6.45) is 11.0. The SMILES string of the molecule is CCCCCCCCCCNC(C)(C)c1nc(C)cs1. The number of unbranched alkanes of at least 4 members (excludes halogenated alkanes) is 7. The highest BCUT2D eigenvalue weighted by Crippen LogP contribution is 2.23. The summed E-state index contributed by atoms with van der Waals surface area (Å²) in [7, 11) is 0. The second kappa shape index (κ2) is 9.51. The molecule has 1 aromatic heterocycles. The average molecular weight is 297 g/mol. The van der Waals surface area contributed by atoms with Crippen LogP contribution >= 0.6 is 11.3 Å². The van der Waals surface area contributed by atoms with Crippen molar-refractivity contribution in [2.75, 3.05) is 6.54 Å². The quantitative estimate of drug-likeness (QED) is 0.552. The van der Waals surface area contributed by atoms with Crippen molar-refractivity contribution < 1.29 is 0 Å². The molecule has 1 rings (SSSR count). The van der Waals surface area contributed by atoms with Crippen LogP contribution in [-0.4, -0.2) is 11.5 Å². The zero-order valence-electron chi connectivity index (χ0n) is 13.8. The molecule has 3 heteroatoms. The van der Waals surface area contributed by atoms with Gasteiger partial charge in [0.2, 0.25) is 0 Å². The van der Waals surface area contributed by atoms with Gasteiger partial charge in [0.15, 0.2) is 0 Å². The van der Waals surface area contributed by atoms with Gasteiger partial charge in [0.25, 0.3) is 0 Å². The zero-order valence-corrected chi connectivity index (χ0v) is 14.6. The molecule has 0 spiro atoms. The second-order valence-electron chi connectivity index (χ2n) is 6.32. The monoisotopic (exact) mass is 296 g/mol. The Morgan fingerprint density at radius 2 is 1.65 bits per heavy atom. The van der Waals surface area contributed by atoms with Crippen LogP contribution in [-0.2, 0) is 5.54 Å². The Labute approximate surface area is 129 Å². The van der Waals surface area contributed by atoms with E-state index >= 15 is 0 Å². The van der Waals surface area contributed by atoms with Gasteiger partial charge in [-0.15, -0.1) is 11.3 Å². The number of aryl methyl sites for hydroxylation is 1. The summed E-state index contributed by atoms with van der Waals surface area (Å²) in [5.74, 6) is 0. The lowest BCUT2D eigenvalue weighted by atomic mass is 10.1. The number of thiazole rings is 1. The van der Waals surface area contributed by atoms with Crippen molar-refractivity contribution >= 4 is 11.3 Å². The Morgan fingerprint density at radius 3 is 2.20 bits per heavy atom. The molecule has 0 radical (unpaired) electrons. The van der Waals surface area contributed by atoms with E-state index in [1.807, 2.05) is 0 Å². The minimum atomic E-state index is 0.0139. The van der Waals surface area contributed by atoms with Crippen molar-refractivity contribution in [1.82, 2.24) is 10.3 Å². The highest BCUT2D eigenvalue weighted by atomic mass is 32.1. The Balaban J connectivity index is 2.06. The molecule has 0 atom stereocenters. The van der Waals surface area contributed by atoms with E-state index in [0.29, 0.717) is 0 Å². The first-order chi connectivity index (χ1) is 9.56. The first kappa shape index (κ1) is 17.6. The van der Waals surface area contributed by atoms with E-state index in [4.69, 9.17) is 0 Å². The lowest BCUT2D eigenvalue weighted by Crippen LogP contribution is -2.37. The molecular formula is C17H32N2S. The Morgan fingerprint density at radius 1 is 1.05 bits per heavy atom. The van der Waals surface area contributed by atoms with Crippen LogP contribution in [0.4, 0.5) is 0 Å². The maximum absolute atomic E-state index is 4.60. The molecule has 20 heavy (non-hydrogen) atoms. The normalized spacial score (nSPS) is 12.0. The molecule has 0 aromatic carbocycles. The van der Waals surface area contributed by atoms with E-state index in [1.165, 1.54) is 56.4 Å². The van der Waals surface area contributed by atoms with Gasteiger partial charge >= 0.3 is 0 Å². The van der Waals surface area contributed by atoms with Gasteiger partial charge in [-0.1, -0.05) is 51.9 Å². The van der Waals surface area contributed by atoms with Gasteiger partial charge in [-0.2, -0.15) is 0 Å². The van der Waals surface area contributed by atoms with Gasteiger partial charge in [-0.3, -0.25) is 0 Å². The van der Waals surface area contributed by atoms with Crippen LogP contribution in [0.25, 0.3) is 0 Å². The van der Waals surface area contributed by atoms with E-state index in [0.717, 1.165) is 12.2 Å². The fourth-order valence-electron chi connectivity index (χ4n) is 2.38. The molecule has 2 nitrogen and oxygen atoms in total. The van der Waals surface area contributed by atoms with Crippen LogP contribution in [0.3, 0.4) is 0 Å². The maximum atomic E-state index is 4.60. The largest absolute Gasteiger partial charge is 0.306 e. The summed E-state index contributed by atoms with van der Waals surface area (Å²) >= 11 is 1.76. The zero-order chi connectivity index (χ0) is 14.8. The van der Waals surface area contributed by atoms with Gasteiger partial charge in [0.05, 0.1) is 5.54 Å². The topological polar surface area (TPSA) is 24.9 Å². The number of aromatic nitrogens is 1. The van der Waals surface area contributed by atoms with Crippen LogP contribution < -0.4 is 5.32 Å². The van der Waals surface area contributed by atoms with Crippen molar-refractivity contribution in [3.63, 3.8) is 0 Å². The number of hydrogen-bond donors (Lipinski definition) is 1. The van der Waals surface area contributed by atoms with Crippen molar-refractivity contribution in [1.29, 1.82) is 0 Å². The average Bonchev–Trinajstić information content (AvgIpc) is 2.84. The standard InChI is InChI=1S/C17H32N2S/c1-5-6-7-8-9-10-11-12-13-18-17(3,4)16-19-15(2)14-20-16/h14,18H,5-13H2,1-4H3. The Bertz CT molecular complexity index is 358. The van der Waals surface area contributed by atoms with Gasteiger partial charge < -0.3 is 5.32 Å². The van der Waals surface area contributed by atoms with Crippen LogP contribution in [0.2, 0.25) is 0 Å². The first-order valence-corrected chi connectivity index (χ1v) is 9.12. The molecule has 0 saturated heterocycles. The summed E-state index contributed by atoms with van der Waals surface area (Å²) < 4.78 is 0. The molecule has 0 saturated carbocycles. The number of nitrogens with one attached hydrogen (secondary N) is 1. The van der Waals surface area contributed by atoms with Gasteiger partial charge in [0, 0.05) is 11.1 Å². The summed E-state index contributed by atoms with van der Waals surface area (Å²) in [5, 5.41) is 6.99. The van der Waals surface area contributed by atoms with Crippen molar-refractivity contribution in [2.45, 2.75) is 84.6 Å². The highest BCUT2D eigenvalue weighted by molar-refractivity contribution is 7.09. The number of nitrogens with zero attached hydrogens (tertiary/aromatic N) is 1. The molecule has 1 N–H and O–H groups in total. The smallest absolute Gasteiger partial charge is 0.112 e. The molecule has 1 heterocycles. The van der Waals surface area contributed by atoms with Crippen LogP contribution in [0.1, 0.15) is 82.8 Å². The molecule has 0 amide bonds. The summed E-state index contributed by atoms with van der Waals surface area (Å²) in [6.45, 7) is 9.90. The predicted molar refractivity (Wildman–Crippen MR) is 90.5 cm³/mol. The predicted octanol–water partition coefficient (Wildman–Crippen LogP) is 5.42. The van der Waals surface area contributed by atoms with Gasteiger partial charge in [-0.25, -0.2) is 4.98 Å². The molecule has 0 aliphatic carbocycles. The number of rotatable bonds is 11. The summed E-state index contributed by atoms with van der Waals surface area (Å²) in [6, 6.07) is 0. The Hall–Kier alpha value is -0.410. The first-order valence-electron chi connectivity index (χ1n) is 8.24. The third kappa shape index (κ3) is 6.85. The molecule has 0 unspecified atom stereocenters. The third-order valence-electron chi connectivity index (χ3n) is 3.75. The third-order valence-corrected chi connectivity index (χ3v) is 5.03. The highest BCUT2D eigenvalue weighted by Gasteiger charge is 2.22. The van der Waals surface area contributed by atoms with E-state index in [9.17, 15) is 0 Å². The number of hydrogen-bond acceptors (Lipinski definition) is 3. The molecule has 0 bridgehead atoms. The van der Waals surface area contributed by atoms with Gasteiger partial charge in [0.1, 0.15) is 5.01 Å². The van der Waals surface area contributed by atoms with Crippen molar-refractivity contribution in [3.05, 3.63) is 16.1 Å². The van der Waals surface area contributed by atoms with Gasteiger partial charge in [-0.05, 0) is 33.7 Å². The second-order valence-corrected chi connectivity index (χ2v) is 7.18. The van der Waals surface area contributed by atoms with E-state index in [-0.39, 0.29) is 5.54 Å².